The van der Waals surface area contributed by atoms with Crippen LogP contribution in [0.2, 0.25) is 0 Å². The van der Waals surface area contributed by atoms with E-state index in [1.807, 2.05) is 13.8 Å². The fourth-order valence-electron chi connectivity index (χ4n) is 1.79. The maximum atomic E-state index is 13.0. The number of nitrogens with one attached hydrogen (secondary N) is 1. The monoisotopic (exact) mass is 266 g/mol. The highest BCUT2D eigenvalue weighted by Crippen LogP contribution is 2.09. The number of primary amides is 1. The Morgan fingerprint density at radius 3 is 2.63 bits per heavy atom. The summed E-state index contributed by atoms with van der Waals surface area (Å²) < 4.78 is 13.0. The maximum Gasteiger partial charge on any atom is 0.240 e. The molecule has 2 amide bonds. The van der Waals surface area contributed by atoms with Crippen molar-refractivity contribution in [1.29, 1.82) is 0 Å². The minimum absolute atomic E-state index is 0.0258. The Hall–Kier alpha value is -1.91. The summed E-state index contributed by atoms with van der Waals surface area (Å²) in [7, 11) is 0. The van der Waals surface area contributed by atoms with Crippen LogP contribution in [0.25, 0.3) is 0 Å². The van der Waals surface area contributed by atoms with Gasteiger partial charge in [-0.05, 0) is 23.6 Å². The van der Waals surface area contributed by atoms with E-state index in [2.05, 4.69) is 5.32 Å². The first-order valence-electron chi connectivity index (χ1n) is 6.27. The molecule has 0 aliphatic carbocycles. The van der Waals surface area contributed by atoms with Crippen LogP contribution in [-0.4, -0.2) is 17.9 Å². The quantitative estimate of drug-likeness (QED) is 0.816. The summed E-state index contributed by atoms with van der Waals surface area (Å²) in [5, 5.41) is 2.60. The van der Waals surface area contributed by atoms with Crippen LogP contribution in [0.4, 0.5) is 4.39 Å². The van der Waals surface area contributed by atoms with E-state index in [-0.39, 0.29) is 18.2 Å². The van der Waals surface area contributed by atoms with E-state index in [1.54, 1.807) is 6.07 Å². The number of nitrogens with two attached hydrogens (primary N) is 1. The van der Waals surface area contributed by atoms with Gasteiger partial charge in [-0.2, -0.15) is 0 Å². The van der Waals surface area contributed by atoms with Gasteiger partial charge in [-0.25, -0.2) is 4.39 Å². The summed E-state index contributed by atoms with van der Waals surface area (Å²) in [5.41, 5.74) is 5.83. The lowest BCUT2D eigenvalue weighted by atomic mass is 9.98. The zero-order valence-corrected chi connectivity index (χ0v) is 11.2. The lowest BCUT2D eigenvalue weighted by Gasteiger charge is -2.21. The molecule has 0 fully saturated rings. The van der Waals surface area contributed by atoms with Gasteiger partial charge in [0.2, 0.25) is 11.8 Å². The van der Waals surface area contributed by atoms with Gasteiger partial charge in [0.1, 0.15) is 11.9 Å². The number of amides is 2. The van der Waals surface area contributed by atoms with E-state index in [0.29, 0.717) is 5.56 Å². The van der Waals surface area contributed by atoms with Crippen LogP contribution in [0.15, 0.2) is 24.3 Å². The van der Waals surface area contributed by atoms with Gasteiger partial charge in [0.15, 0.2) is 0 Å². The van der Waals surface area contributed by atoms with Crippen molar-refractivity contribution in [3.63, 3.8) is 0 Å². The first-order valence-corrected chi connectivity index (χ1v) is 6.27. The predicted molar refractivity (Wildman–Crippen MR) is 70.7 cm³/mol. The number of halogens is 1. The number of rotatable bonds is 6. The molecule has 0 bridgehead atoms. The molecule has 5 heteroatoms. The zero-order chi connectivity index (χ0) is 14.4. The number of benzene rings is 1. The van der Waals surface area contributed by atoms with Crippen LogP contribution in [0.1, 0.15) is 25.8 Å². The Bertz CT molecular complexity index is 463. The molecule has 0 heterocycles. The minimum Gasteiger partial charge on any atom is -0.368 e. The lowest BCUT2D eigenvalue weighted by Crippen LogP contribution is -2.48. The van der Waals surface area contributed by atoms with Gasteiger partial charge < -0.3 is 11.1 Å². The maximum absolute atomic E-state index is 13.0. The Morgan fingerprint density at radius 1 is 1.42 bits per heavy atom. The summed E-state index contributed by atoms with van der Waals surface area (Å²) in [6.45, 7) is 3.76. The Morgan fingerprint density at radius 2 is 2.11 bits per heavy atom. The standard InChI is InChI=1S/C14H19FN2O2/c1-3-9(2)13(14(16)19)17-12(18)8-10-5-4-6-11(15)7-10/h4-7,9,13H,3,8H2,1-2H3,(H2,16,19)(H,17,18)/t9-,13-/m1/s1. The van der Waals surface area contributed by atoms with Crippen LogP contribution >= 0.6 is 0 Å². The second-order valence-corrected chi connectivity index (χ2v) is 4.64. The molecular formula is C14H19FN2O2. The van der Waals surface area contributed by atoms with E-state index in [4.69, 9.17) is 5.73 Å². The van der Waals surface area contributed by atoms with Gasteiger partial charge in [0.05, 0.1) is 6.42 Å². The van der Waals surface area contributed by atoms with Crippen molar-refractivity contribution < 1.29 is 14.0 Å². The van der Waals surface area contributed by atoms with Crippen molar-refractivity contribution in [2.45, 2.75) is 32.7 Å². The molecule has 2 atom stereocenters. The Labute approximate surface area is 112 Å². The van der Waals surface area contributed by atoms with Gasteiger partial charge in [0, 0.05) is 0 Å². The van der Waals surface area contributed by atoms with Crippen molar-refractivity contribution >= 4 is 11.8 Å². The second-order valence-electron chi connectivity index (χ2n) is 4.64. The molecule has 0 spiro atoms. The predicted octanol–water partition coefficient (Wildman–Crippen LogP) is 1.38. The van der Waals surface area contributed by atoms with Gasteiger partial charge in [0.25, 0.3) is 0 Å². The minimum atomic E-state index is -0.689. The number of carbonyl (C=O) groups is 2. The van der Waals surface area contributed by atoms with Gasteiger partial charge >= 0.3 is 0 Å². The average Bonchev–Trinajstić information content (AvgIpc) is 2.34. The smallest absolute Gasteiger partial charge is 0.240 e. The van der Waals surface area contributed by atoms with Crippen molar-refractivity contribution in [1.82, 2.24) is 5.32 Å². The summed E-state index contributed by atoms with van der Waals surface area (Å²) in [4.78, 5) is 23.1. The normalized spacial score (nSPS) is 13.6. The molecule has 3 N–H and O–H groups in total. The molecule has 0 saturated carbocycles. The van der Waals surface area contributed by atoms with Crippen molar-refractivity contribution in [2.75, 3.05) is 0 Å². The van der Waals surface area contributed by atoms with E-state index >= 15 is 0 Å². The van der Waals surface area contributed by atoms with Gasteiger partial charge in [-0.15, -0.1) is 0 Å². The SMILES string of the molecule is CC[C@@H](C)[C@@H](NC(=O)Cc1cccc(F)c1)C(N)=O. The highest BCUT2D eigenvalue weighted by molar-refractivity contribution is 5.87. The molecule has 0 saturated heterocycles. The number of hydrogen-bond acceptors (Lipinski definition) is 2. The molecule has 19 heavy (non-hydrogen) atoms. The third kappa shape index (κ3) is 4.69. The molecule has 4 nitrogen and oxygen atoms in total. The van der Waals surface area contributed by atoms with Crippen LogP contribution in [0.5, 0.6) is 0 Å². The Balaban J connectivity index is 2.65. The van der Waals surface area contributed by atoms with Crippen LogP contribution < -0.4 is 11.1 Å². The molecule has 1 aromatic rings. The number of carbonyl (C=O) groups excluding carboxylic acids is 2. The summed E-state index contributed by atoms with van der Waals surface area (Å²) in [6, 6.07) is 5.11. The summed E-state index contributed by atoms with van der Waals surface area (Å²) in [6.07, 6.45) is 0.756. The van der Waals surface area contributed by atoms with Crippen LogP contribution in [0, 0.1) is 11.7 Å². The highest BCUT2D eigenvalue weighted by atomic mass is 19.1. The average molecular weight is 266 g/mol. The van der Waals surface area contributed by atoms with E-state index in [0.717, 1.165) is 6.42 Å². The van der Waals surface area contributed by atoms with Crippen molar-refractivity contribution in [3.8, 4) is 0 Å². The van der Waals surface area contributed by atoms with E-state index in [1.165, 1.54) is 18.2 Å². The summed E-state index contributed by atoms with van der Waals surface area (Å²) in [5.74, 6) is -1.32. The molecule has 1 rings (SSSR count). The van der Waals surface area contributed by atoms with Crippen molar-refractivity contribution in [2.24, 2.45) is 11.7 Å². The number of hydrogen-bond donors (Lipinski definition) is 2. The Kier molecular flexibility index (Phi) is 5.48. The molecular weight excluding hydrogens is 247 g/mol. The third-order valence-electron chi connectivity index (χ3n) is 3.09. The first kappa shape index (κ1) is 15.1. The van der Waals surface area contributed by atoms with Crippen LogP contribution in [0.3, 0.4) is 0 Å². The van der Waals surface area contributed by atoms with Gasteiger partial charge in [-0.3, -0.25) is 9.59 Å². The topological polar surface area (TPSA) is 72.2 Å². The summed E-state index contributed by atoms with van der Waals surface area (Å²) >= 11 is 0. The molecule has 0 aliphatic rings. The molecule has 0 unspecified atom stereocenters. The first-order chi connectivity index (χ1) is 8.93. The van der Waals surface area contributed by atoms with E-state index < -0.39 is 17.8 Å². The molecule has 0 aromatic heterocycles. The molecule has 0 radical (unpaired) electrons. The molecule has 0 aliphatic heterocycles. The largest absolute Gasteiger partial charge is 0.368 e. The zero-order valence-electron chi connectivity index (χ0n) is 11.2. The third-order valence-corrected chi connectivity index (χ3v) is 3.09. The molecule has 1 aromatic carbocycles. The fourth-order valence-corrected chi connectivity index (χ4v) is 1.79. The van der Waals surface area contributed by atoms with Crippen LogP contribution in [-0.2, 0) is 16.0 Å². The molecule has 104 valence electrons. The highest BCUT2D eigenvalue weighted by Gasteiger charge is 2.23. The van der Waals surface area contributed by atoms with Crippen molar-refractivity contribution in [3.05, 3.63) is 35.6 Å². The second kappa shape index (κ2) is 6.87. The lowest BCUT2D eigenvalue weighted by molar-refractivity contribution is -0.128. The van der Waals surface area contributed by atoms with Gasteiger partial charge in [-0.1, -0.05) is 32.4 Å². The fraction of sp³-hybridized carbons (Fsp3) is 0.429. The van der Waals surface area contributed by atoms with E-state index in [9.17, 15) is 14.0 Å².